The second-order valence-corrected chi connectivity index (χ2v) is 7.25. The second kappa shape index (κ2) is 10.2. The fraction of sp³-hybridized carbons (Fsp3) is 0.200. The van der Waals surface area contributed by atoms with Crippen LogP contribution in [-0.4, -0.2) is 11.4 Å². The third kappa shape index (κ3) is 5.94. The van der Waals surface area contributed by atoms with Crippen LogP contribution in [0, 0.1) is 0 Å². The number of benzene rings is 2. The molecule has 0 N–H and O–H groups in total. The van der Waals surface area contributed by atoms with Crippen molar-refractivity contribution in [3.05, 3.63) is 92.7 Å². The van der Waals surface area contributed by atoms with Crippen LogP contribution < -0.4 is 0 Å². The normalized spacial score (nSPS) is 12.3. The molecule has 0 aliphatic heterocycles. The lowest BCUT2D eigenvalue weighted by atomic mass is 10.1. The number of halogens is 4. The Balaban J connectivity index is 2.25. The molecule has 0 heterocycles. The summed E-state index contributed by atoms with van der Waals surface area (Å²) in [5, 5.41) is 2.27. The molecule has 0 aliphatic carbocycles. The molecule has 6 heteroatoms. The van der Waals surface area contributed by atoms with Gasteiger partial charge in [-0.15, -0.1) is 0 Å². The monoisotopic (exact) mass is 429 g/mol. The van der Waals surface area contributed by atoms with Crippen molar-refractivity contribution in [1.29, 1.82) is 0 Å². The minimum Gasteiger partial charge on any atom is -0.367 e. The topological polar surface area (TPSA) is 12.5 Å². The Hall–Kier alpha value is -1.16. The van der Waals surface area contributed by atoms with Gasteiger partial charge in [0.05, 0.1) is 13.2 Å². The zero-order chi connectivity index (χ0) is 19.1. The Labute approximate surface area is 174 Å². The number of nitrogens with zero attached hydrogens (tertiary/aromatic N) is 1. The van der Waals surface area contributed by atoms with Crippen LogP contribution in [0.1, 0.15) is 24.2 Å². The summed E-state index contributed by atoms with van der Waals surface area (Å²) < 4.78 is 6.16. The van der Waals surface area contributed by atoms with E-state index >= 15 is 0 Å². The second-order valence-electron chi connectivity index (χ2n) is 5.56. The standard InChI is InChI=1S/C20H19Cl4NO/c1-3-9-25(4-2)12-20(17-8-7-16(22)11-19(17)24)26-13-14-5-6-15(21)10-18(14)23/h3-11,20H,2,12-13H2,1H3/b9-3-. The summed E-state index contributed by atoms with van der Waals surface area (Å²) in [5.41, 5.74) is 1.69. The van der Waals surface area contributed by atoms with E-state index in [4.69, 9.17) is 51.1 Å². The average Bonchev–Trinajstić information content (AvgIpc) is 2.59. The van der Waals surface area contributed by atoms with E-state index in [9.17, 15) is 0 Å². The highest BCUT2D eigenvalue weighted by atomic mass is 35.5. The molecule has 1 unspecified atom stereocenters. The minimum absolute atomic E-state index is 0.305. The van der Waals surface area contributed by atoms with E-state index in [0.717, 1.165) is 11.1 Å². The molecule has 0 amide bonds. The van der Waals surface area contributed by atoms with Crippen molar-refractivity contribution in [3.63, 3.8) is 0 Å². The van der Waals surface area contributed by atoms with Gasteiger partial charge in [0.15, 0.2) is 0 Å². The van der Waals surface area contributed by atoms with Gasteiger partial charge in [-0.1, -0.05) is 71.2 Å². The summed E-state index contributed by atoms with van der Waals surface area (Å²) in [5.74, 6) is 0. The van der Waals surface area contributed by atoms with E-state index in [1.165, 1.54) is 0 Å². The van der Waals surface area contributed by atoms with Gasteiger partial charge in [-0.05, 0) is 49.2 Å². The lowest BCUT2D eigenvalue weighted by Crippen LogP contribution is -2.21. The van der Waals surface area contributed by atoms with Crippen molar-refractivity contribution in [1.82, 2.24) is 4.90 Å². The molecule has 1 atom stereocenters. The molecule has 0 saturated heterocycles. The Bertz CT molecular complexity index is 791. The van der Waals surface area contributed by atoms with Crippen molar-refractivity contribution < 1.29 is 4.74 Å². The van der Waals surface area contributed by atoms with Crippen LogP contribution >= 0.6 is 46.4 Å². The molecule has 0 fully saturated rings. The number of ether oxygens (including phenoxy) is 1. The molecule has 2 rings (SSSR count). The largest absolute Gasteiger partial charge is 0.367 e. The van der Waals surface area contributed by atoms with Crippen molar-refractivity contribution in [2.45, 2.75) is 19.6 Å². The van der Waals surface area contributed by atoms with Crippen molar-refractivity contribution >= 4 is 46.4 Å². The van der Waals surface area contributed by atoms with Crippen LogP contribution in [0.15, 0.2) is 61.5 Å². The van der Waals surface area contributed by atoms with Gasteiger partial charge in [-0.25, -0.2) is 0 Å². The van der Waals surface area contributed by atoms with E-state index < -0.39 is 0 Å². The van der Waals surface area contributed by atoms with Crippen LogP contribution in [0.3, 0.4) is 0 Å². The highest BCUT2D eigenvalue weighted by Crippen LogP contribution is 2.31. The summed E-state index contributed by atoms with van der Waals surface area (Å²) in [6, 6.07) is 10.7. The Morgan fingerprint density at radius 3 is 2.27 bits per heavy atom. The van der Waals surface area contributed by atoms with E-state index in [1.54, 1.807) is 30.5 Å². The molecule has 0 aromatic heterocycles. The van der Waals surface area contributed by atoms with Crippen LogP contribution in [0.25, 0.3) is 0 Å². The van der Waals surface area contributed by atoms with Gasteiger partial charge < -0.3 is 9.64 Å². The third-order valence-corrected chi connectivity index (χ3v) is 4.87. The number of hydrogen-bond donors (Lipinski definition) is 0. The molecular weight excluding hydrogens is 412 g/mol. The maximum Gasteiger partial charge on any atom is 0.102 e. The van der Waals surface area contributed by atoms with Crippen molar-refractivity contribution in [2.24, 2.45) is 0 Å². The first-order chi connectivity index (χ1) is 12.4. The van der Waals surface area contributed by atoms with Crippen molar-refractivity contribution in [3.8, 4) is 0 Å². The van der Waals surface area contributed by atoms with E-state index in [-0.39, 0.29) is 6.10 Å². The van der Waals surface area contributed by atoms with Crippen molar-refractivity contribution in [2.75, 3.05) is 6.54 Å². The fourth-order valence-electron chi connectivity index (χ4n) is 2.41. The first-order valence-corrected chi connectivity index (χ1v) is 9.47. The maximum atomic E-state index is 6.39. The van der Waals surface area contributed by atoms with Crippen LogP contribution in [0.5, 0.6) is 0 Å². The number of hydrogen-bond acceptors (Lipinski definition) is 2. The van der Waals surface area contributed by atoms with Gasteiger partial charge in [0.25, 0.3) is 0 Å². The first kappa shape index (κ1) is 21.1. The summed E-state index contributed by atoms with van der Waals surface area (Å²) in [6.07, 6.45) is 5.27. The summed E-state index contributed by atoms with van der Waals surface area (Å²) in [4.78, 5) is 1.93. The van der Waals surface area contributed by atoms with Gasteiger partial charge in [0, 0.05) is 25.7 Å². The summed E-state index contributed by atoms with van der Waals surface area (Å²) in [6.45, 7) is 6.64. The van der Waals surface area contributed by atoms with Gasteiger partial charge in [-0.3, -0.25) is 0 Å². The minimum atomic E-state index is -0.305. The maximum absolute atomic E-state index is 6.39. The summed E-state index contributed by atoms with van der Waals surface area (Å²) in [7, 11) is 0. The molecule has 0 spiro atoms. The third-order valence-electron chi connectivity index (χ3n) is 3.72. The quantitative estimate of drug-likeness (QED) is 0.428. The van der Waals surface area contributed by atoms with E-state index in [2.05, 4.69) is 6.58 Å². The SMILES string of the molecule is C=CN(/C=C\C)CC(OCc1ccc(Cl)cc1Cl)c1ccc(Cl)cc1Cl. The Morgan fingerprint density at radius 2 is 1.69 bits per heavy atom. The Kier molecular flexibility index (Phi) is 8.33. The lowest BCUT2D eigenvalue weighted by Gasteiger charge is -2.25. The highest BCUT2D eigenvalue weighted by Gasteiger charge is 2.18. The molecule has 0 bridgehead atoms. The lowest BCUT2D eigenvalue weighted by molar-refractivity contribution is 0.0287. The highest BCUT2D eigenvalue weighted by molar-refractivity contribution is 6.35. The van der Waals surface area contributed by atoms with Crippen LogP contribution in [-0.2, 0) is 11.3 Å². The molecule has 2 aromatic rings. The Morgan fingerprint density at radius 1 is 1.04 bits per heavy atom. The molecule has 138 valence electrons. The smallest absolute Gasteiger partial charge is 0.102 e. The summed E-state index contributed by atoms with van der Waals surface area (Å²) >= 11 is 24.6. The molecular formula is C20H19Cl4NO. The predicted octanol–water partition coefficient (Wildman–Crippen LogP) is 7.54. The zero-order valence-electron chi connectivity index (χ0n) is 14.3. The van der Waals surface area contributed by atoms with Crippen LogP contribution in [0.4, 0.5) is 0 Å². The predicted molar refractivity (Wildman–Crippen MR) is 112 cm³/mol. The molecule has 0 saturated carbocycles. The van der Waals surface area contributed by atoms with Gasteiger partial charge in [-0.2, -0.15) is 0 Å². The van der Waals surface area contributed by atoms with Gasteiger partial charge >= 0.3 is 0 Å². The van der Waals surface area contributed by atoms with Crippen LogP contribution in [0.2, 0.25) is 20.1 Å². The van der Waals surface area contributed by atoms with E-state index in [0.29, 0.717) is 33.2 Å². The fourth-order valence-corrected chi connectivity index (χ4v) is 3.41. The van der Waals surface area contributed by atoms with Gasteiger partial charge in [0.2, 0.25) is 0 Å². The molecule has 2 aromatic carbocycles. The first-order valence-electron chi connectivity index (χ1n) is 7.96. The zero-order valence-corrected chi connectivity index (χ0v) is 17.3. The van der Waals surface area contributed by atoms with E-state index in [1.807, 2.05) is 36.2 Å². The molecule has 0 radical (unpaired) electrons. The molecule has 0 aliphatic rings. The van der Waals surface area contributed by atoms with Gasteiger partial charge in [0.1, 0.15) is 6.10 Å². The number of allylic oxidation sites excluding steroid dienone is 1. The molecule has 26 heavy (non-hydrogen) atoms. The number of rotatable bonds is 8. The average molecular weight is 431 g/mol. The molecule has 2 nitrogen and oxygen atoms in total.